The molecule has 1 saturated carbocycles. The van der Waals surface area contributed by atoms with Crippen molar-refractivity contribution in [3.8, 4) is 0 Å². The average molecular weight is 324 g/mol. The minimum atomic E-state index is -1.18. The molecular weight excluding hydrogens is 315 g/mol. The van der Waals surface area contributed by atoms with Crippen molar-refractivity contribution in [3.63, 3.8) is 0 Å². The second-order valence-corrected chi connectivity index (χ2v) is 6.28. The summed E-state index contributed by atoms with van der Waals surface area (Å²) in [6.07, 6.45) is 0. The standard InChI is InChI=1S/C11H9BrCl2O2/c1-5-2-3-6(4-7(5)12)8-9(10(15)16)11(8,13)14/h2-4,8-9H,1H3,(H,15,16). The number of aliphatic carboxylic acids is 1. The molecule has 0 aliphatic heterocycles. The highest BCUT2D eigenvalue weighted by Crippen LogP contribution is 2.65. The summed E-state index contributed by atoms with van der Waals surface area (Å²) in [5.41, 5.74) is 1.95. The van der Waals surface area contributed by atoms with Crippen molar-refractivity contribution < 1.29 is 9.90 Å². The van der Waals surface area contributed by atoms with Crippen LogP contribution in [0.25, 0.3) is 0 Å². The van der Waals surface area contributed by atoms with Crippen molar-refractivity contribution in [2.75, 3.05) is 0 Å². The summed E-state index contributed by atoms with van der Waals surface area (Å²) in [5.74, 6) is -2.00. The van der Waals surface area contributed by atoms with Crippen LogP contribution >= 0.6 is 39.1 Å². The molecule has 0 spiro atoms. The van der Waals surface area contributed by atoms with E-state index in [-0.39, 0.29) is 5.92 Å². The lowest BCUT2D eigenvalue weighted by atomic mass is 10.1. The second kappa shape index (κ2) is 3.90. The smallest absolute Gasteiger partial charge is 0.310 e. The first-order valence-electron chi connectivity index (χ1n) is 4.72. The van der Waals surface area contributed by atoms with E-state index in [1.54, 1.807) is 0 Å². The molecule has 16 heavy (non-hydrogen) atoms. The topological polar surface area (TPSA) is 37.3 Å². The van der Waals surface area contributed by atoms with Crippen LogP contribution in [0.2, 0.25) is 0 Å². The van der Waals surface area contributed by atoms with Crippen molar-refractivity contribution in [1.29, 1.82) is 0 Å². The Balaban J connectivity index is 2.33. The Hall–Kier alpha value is -0.250. The number of halogens is 3. The van der Waals surface area contributed by atoms with Gasteiger partial charge in [-0.15, -0.1) is 0 Å². The van der Waals surface area contributed by atoms with Gasteiger partial charge in [-0.3, -0.25) is 4.79 Å². The van der Waals surface area contributed by atoms with Crippen LogP contribution < -0.4 is 0 Å². The van der Waals surface area contributed by atoms with E-state index in [0.717, 1.165) is 15.6 Å². The van der Waals surface area contributed by atoms with Crippen molar-refractivity contribution >= 4 is 45.1 Å². The van der Waals surface area contributed by atoms with Gasteiger partial charge in [0.1, 0.15) is 4.33 Å². The summed E-state index contributed by atoms with van der Waals surface area (Å²) >= 11 is 15.3. The highest BCUT2D eigenvalue weighted by molar-refractivity contribution is 9.10. The van der Waals surface area contributed by atoms with Gasteiger partial charge in [-0.2, -0.15) is 0 Å². The molecule has 0 radical (unpaired) electrons. The average Bonchev–Trinajstić information content (AvgIpc) is 2.74. The fourth-order valence-corrected chi connectivity index (χ4v) is 3.06. The first kappa shape index (κ1) is 12.2. The van der Waals surface area contributed by atoms with Gasteiger partial charge in [0, 0.05) is 10.4 Å². The highest BCUT2D eigenvalue weighted by atomic mass is 79.9. The predicted octanol–water partition coefficient (Wildman–Crippen LogP) is 3.73. The molecule has 2 nitrogen and oxygen atoms in total. The van der Waals surface area contributed by atoms with Gasteiger partial charge in [0.2, 0.25) is 0 Å². The number of hydrogen-bond acceptors (Lipinski definition) is 1. The Morgan fingerprint density at radius 2 is 2.12 bits per heavy atom. The molecule has 1 aromatic carbocycles. The number of rotatable bonds is 2. The molecule has 1 aliphatic carbocycles. The van der Waals surface area contributed by atoms with Crippen LogP contribution in [-0.2, 0) is 4.79 Å². The van der Waals surface area contributed by atoms with E-state index in [4.69, 9.17) is 28.3 Å². The maximum atomic E-state index is 10.9. The zero-order valence-electron chi connectivity index (χ0n) is 8.38. The maximum Gasteiger partial charge on any atom is 0.310 e. The molecule has 2 unspecified atom stereocenters. The molecular formula is C11H9BrCl2O2. The Labute approximate surface area is 112 Å². The fraction of sp³-hybridized carbons (Fsp3) is 0.364. The molecule has 5 heteroatoms. The highest BCUT2D eigenvalue weighted by Gasteiger charge is 2.68. The molecule has 1 aromatic rings. The molecule has 86 valence electrons. The lowest BCUT2D eigenvalue weighted by Crippen LogP contribution is -2.03. The summed E-state index contributed by atoms with van der Waals surface area (Å²) < 4.78 is -0.245. The third-order valence-corrected chi connectivity index (χ3v) is 4.67. The van der Waals surface area contributed by atoms with Gasteiger partial charge in [0.25, 0.3) is 0 Å². The van der Waals surface area contributed by atoms with Gasteiger partial charge >= 0.3 is 5.97 Å². The zero-order valence-corrected chi connectivity index (χ0v) is 11.5. The van der Waals surface area contributed by atoms with Crippen LogP contribution in [0.3, 0.4) is 0 Å². The quantitative estimate of drug-likeness (QED) is 0.842. The van der Waals surface area contributed by atoms with Crippen molar-refractivity contribution in [1.82, 2.24) is 0 Å². The van der Waals surface area contributed by atoms with E-state index in [2.05, 4.69) is 15.9 Å². The summed E-state index contributed by atoms with van der Waals surface area (Å²) in [5, 5.41) is 8.96. The molecule has 0 saturated heterocycles. The van der Waals surface area contributed by atoms with E-state index in [0.29, 0.717) is 0 Å². The normalized spacial score (nSPS) is 26.5. The molecule has 1 N–H and O–H groups in total. The molecule has 2 rings (SSSR count). The van der Waals surface area contributed by atoms with E-state index < -0.39 is 16.2 Å². The lowest BCUT2D eigenvalue weighted by molar-refractivity contribution is -0.138. The third kappa shape index (κ3) is 1.85. The van der Waals surface area contributed by atoms with Crippen LogP contribution in [0, 0.1) is 12.8 Å². The van der Waals surface area contributed by atoms with Gasteiger partial charge < -0.3 is 5.11 Å². The minimum Gasteiger partial charge on any atom is -0.481 e. The van der Waals surface area contributed by atoms with Gasteiger partial charge in [0.05, 0.1) is 5.92 Å². The van der Waals surface area contributed by atoms with E-state index in [1.807, 2.05) is 25.1 Å². The summed E-state index contributed by atoms with van der Waals surface area (Å²) in [4.78, 5) is 10.9. The molecule has 0 heterocycles. The predicted molar refractivity (Wildman–Crippen MR) is 67.2 cm³/mol. The third-order valence-electron chi connectivity index (χ3n) is 2.87. The number of aryl methyl sites for hydroxylation is 1. The van der Waals surface area contributed by atoms with Crippen LogP contribution in [0.1, 0.15) is 17.0 Å². The lowest BCUT2D eigenvalue weighted by Gasteiger charge is -2.03. The number of carboxylic acids is 1. The van der Waals surface area contributed by atoms with Crippen LogP contribution in [0.15, 0.2) is 22.7 Å². The fourth-order valence-electron chi connectivity index (χ4n) is 1.85. The SMILES string of the molecule is Cc1ccc(C2C(C(=O)O)C2(Cl)Cl)cc1Br. The van der Waals surface area contributed by atoms with Crippen LogP contribution in [-0.4, -0.2) is 15.4 Å². The van der Waals surface area contributed by atoms with Gasteiger partial charge in [0.15, 0.2) is 0 Å². The number of carboxylic acid groups (broad SMARTS) is 1. The van der Waals surface area contributed by atoms with Crippen LogP contribution in [0.4, 0.5) is 0 Å². The van der Waals surface area contributed by atoms with E-state index >= 15 is 0 Å². The molecule has 0 bridgehead atoms. The molecule has 2 atom stereocenters. The summed E-state index contributed by atoms with van der Waals surface area (Å²) in [6.45, 7) is 1.96. The molecule has 0 aromatic heterocycles. The monoisotopic (exact) mass is 322 g/mol. The second-order valence-electron chi connectivity index (χ2n) is 3.98. The van der Waals surface area contributed by atoms with Crippen molar-refractivity contribution in [3.05, 3.63) is 33.8 Å². The van der Waals surface area contributed by atoms with Gasteiger partial charge in [-0.25, -0.2) is 0 Å². The van der Waals surface area contributed by atoms with E-state index in [9.17, 15) is 4.79 Å². The Morgan fingerprint density at radius 3 is 2.56 bits per heavy atom. The Bertz CT molecular complexity index is 459. The zero-order chi connectivity index (χ0) is 12.1. The molecule has 1 fully saturated rings. The van der Waals surface area contributed by atoms with Crippen molar-refractivity contribution in [2.24, 2.45) is 5.92 Å². The van der Waals surface area contributed by atoms with E-state index in [1.165, 1.54) is 0 Å². The minimum absolute atomic E-state index is 0.328. The number of carbonyl (C=O) groups is 1. The number of hydrogen-bond donors (Lipinski definition) is 1. The van der Waals surface area contributed by atoms with Gasteiger partial charge in [-0.1, -0.05) is 51.3 Å². The first-order chi connectivity index (χ1) is 7.35. The Morgan fingerprint density at radius 1 is 1.50 bits per heavy atom. The van der Waals surface area contributed by atoms with Crippen LogP contribution in [0.5, 0.6) is 0 Å². The largest absolute Gasteiger partial charge is 0.481 e. The Kier molecular flexibility index (Phi) is 2.97. The molecule has 0 amide bonds. The molecule has 1 aliphatic rings. The summed E-state index contributed by atoms with van der Waals surface area (Å²) in [7, 11) is 0. The first-order valence-corrected chi connectivity index (χ1v) is 6.27. The number of alkyl halides is 2. The summed E-state index contributed by atoms with van der Waals surface area (Å²) in [6, 6.07) is 5.66. The van der Waals surface area contributed by atoms with Gasteiger partial charge in [-0.05, 0) is 24.1 Å². The number of benzene rings is 1. The maximum absolute atomic E-state index is 10.9. The van der Waals surface area contributed by atoms with Crippen molar-refractivity contribution in [2.45, 2.75) is 17.2 Å².